The summed E-state index contributed by atoms with van der Waals surface area (Å²) in [5.74, 6) is 0.487. The van der Waals surface area contributed by atoms with Gasteiger partial charge in [0.25, 0.3) is 0 Å². The first kappa shape index (κ1) is 14.1. The number of nitrogens with one attached hydrogen (secondary N) is 1. The van der Waals surface area contributed by atoms with Gasteiger partial charge in [0.1, 0.15) is 0 Å². The average Bonchev–Trinajstić information content (AvgIpc) is 3.11. The summed E-state index contributed by atoms with van der Waals surface area (Å²) in [7, 11) is 0. The number of benzene rings is 1. The number of rotatable bonds is 3. The van der Waals surface area contributed by atoms with E-state index in [2.05, 4.69) is 12.2 Å². The van der Waals surface area contributed by atoms with E-state index in [0.29, 0.717) is 6.42 Å². The van der Waals surface area contributed by atoms with Crippen molar-refractivity contribution >= 4 is 23.2 Å². The smallest absolute Gasteiger partial charge is 0.227 e. The molecule has 1 atom stereocenters. The number of hydrogen-bond acceptors (Lipinski definition) is 2. The molecule has 0 bridgehead atoms. The van der Waals surface area contributed by atoms with E-state index >= 15 is 0 Å². The van der Waals surface area contributed by atoms with Crippen LogP contribution in [0.3, 0.4) is 0 Å². The monoisotopic (exact) mass is 286 g/mol. The molecule has 2 amide bonds. The van der Waals surface area contributed by atoms with Crippen molar-refractivity contribution in [2.75, 3.05) is 10.2 Å². The Kier molecular flexibility index (Phi) is 3.95. The van der Waals surface area contributed by atoms with Crippen molar-refractivity contribution in [3.63, 3.8) is 0 Å². The van der Waals surface area contributed by atoms with Gasteiger partial charge in [0.05, 0.1) is 0 Å². The SMILES string of the molecule is CC1CCC(=O)N1c1ccc(NC(=O)C2CCCC2)cc1. The van der Waals surface area contributed by atoms with Crippen LogP contribution in [0.2, 0.25) is 0 Å². The van der Waals surface area contributed by atoms with Crippen molar-refractivity contribution in [1.29, 1.82) is 0 Å². The molecular formula is C17H22N2O2. The molecule has 1 aromatic rings. The third kappa shape index (κ3) is 2.94. The summed E-state index contributed by atoms with van der Waals surface area (Å²) < 4.78 is 0. The maximum absolute atomic E-state index is 12.1. The van der Waals surface area contributed by atoms with E-state index in [-0.39, 0.29) is 23.8 Å². The summed E-state index contributed by atoms with van der Waals surface area (Å²) >= 11 is 0. The quantitative estimate of drug-likeness (QED) is 0.926. The highest BCUT2D eigenvalue weighted by Gasteiger charge is 2.28. The van der Waals surface area contributed by atoms with Crippen LogP contribution < -0.4 is 10.2 Å². The van der Waals surface area contributed by atoms with Crippen molar-refractivity contribution in [2.45, 2.75) is 51.5 Å². The van der Waals surface area contributed by atoms with Crippen molar-refractivity contribution in [3.8, 4) is 0 Å². The summed E-state index contributed by atoms with van der Waals surface area (Å²) in [6.45, 7) is 2.07. The van der Waals surface area contributed by atoms with Gasteiger partial charge in [-0.05, 0) is 50.5 Å². The second kappa shape index (κ2) is 5.88. The van der Waals surface area contributed by atoms with Gasteiger partial charge in [-0.25, -0.2) is 0 Å². The zero-order chi connectivity index (χ0) is 14.8. The van der Waals surface area contributed by atoms with Crippen molar-refractivity contribution in [1.82, 2.24) is 0 Å². The number of nitrogens with zero attached hydrogens (tertiary/aromatic N) is 1. The first-order valence-corrected chi connectivity index (χ1v) is 7.88. The molecule has 1 aromatic carbocycles. The van der Waals surface area contributed by atoms with Crippen molar-refractivity contribution < 1.29 is 9.59 Å². The normalized spacial score (nSPS) is 22.8. The van der Waals surface area contributed by atoms with E-state index in [1.807, 2.05) is 29.2 Å². The third-order valence-corrected chi connectivity index (χ3v) is 4.62. The Bertz CT molecular complexity index is 532. The Labute approximate surface area is 125 Å². The van der Waals surface area contributed by atoms with Crippen LogP contribution in [0.15, 0.2) is 24.3 Å². The molecule has 2 fully saturated rings. The summed E-state index contributed by atoms with van der Waals surface area (Å²) in [6, 6.07) is 7.88. The molecule has 21 heavy (non-hydrogen) atoms. The fourth-order valence-corrected chi connectivity index (χ4v) is 3.36. The van der Waals surface area contributed by atoms with Gasteiger partial charge in [-0.15, -0.1) is 0 Å². The van der Waals surface area contributed by atoms with Crippen LogP contribution in [0, 0.1) is 5.92 Å². The highest BCUT2D eigenvalue weighted by Crippen LogP contribution is 2.29. The second-order valence-electron chi connectivity index (χ2n) is 6.17. The predicted molar refractivity (Wildman–Crippen MR) is 83.2 cm³/mol. The fraction of sp³-hybridized carbons (Fsp3) is 0.529. The van der Waals surface area contributed by atoms with Gasteiger partial charge in [-0.3, -0.25) is 9.59 Å². The van der Waals surface area contributed by atoms with Crippen molar-refractivity contribution in [3.05, 3.63) is 24.3 Å². The minimum absolute atomic E-state index is 0.130. The topological polar surface area (TPSA) is 49.4 Å². The zero-order valence-electron chi connectivity index (χ0n) is 12.5. The number of anilines is 2. The number of carbonyl (C=O) groups excluding carboxylic acids is 2. The van der Waals surface area contributed by atoms with Crippen LogP contribution in [0.5, 0.6) is 0 Å². The molecule has 0 aromatic heterocycles. The minimum atomic E-state index is 0.130. The average molecular weight is 286 g/mol. The molecule has 1 N–H and O–H groups in total. The van der Waals surface area contributed by atoms with Gasteiger partial charge < -0.3 is 10.2 Å². The van der Waals surface area contributed by atoms with Gasteiger partial charge in [0, 0.05) is 29.8 Å². The Balaban J connectivity index is 1.66. The van der Waals surface area contributed by atoms with Crippen LogP contribution in [0.1, 0.15) is 45.4 Å². The molecule has 2 aliphatic rings. The molecule has 0 radical (unpaired) electrons. The summed E-state index contributed by atoms with van der Waals surface area (Å²) in [4.78, 5) is 25.8. The Morgan fingerprint density at radius 3 is 2.38 bits per heavy atom. The summed E-state index contributed by atoms with van der Waals surface area (Å²) in [5.41, 5.74) is 1.74. The Hall–Kier alpha value is -1.84. The lowest BCUT2D eigenvalue weighted by Gasteiger charge is -2.22. The zero-order valence-corrected chi connectivity index (χ0v) is 12.5. The fourth-order valence-electron chi connectivity index (χ4n) is 3.36. The van der Waals surface area contributed by atoms with Crippen LogP contribution in [-0.2, 0) is 9.59 Å². The van der Waals surface area contributed by atoms with E-state index < -0.39 is 0 Å². The summed E-state index contributed by atoms with van der Waals surface area (Å²) in [6.07, 6.45) is 5.87. The van der Waals surface area contributed by atoms with E-state index in [1.54, 1.807) is 0 Å². The van der Waals surface area contributed by atoms with Gasteiger partial charge in [-0.1, -0.05) is 12.8 Å². The standard InChI is InChI=1S/C17H22N2O2/c1-12-6-11-16(20)19(12)15-9-7-14(8-10-15)18-17(21)13-4-2-3-5-13/h7-10,12-13H,2-6,11H2,1H3,(H,18,21). The Morgan fingerprint density at radius 1 is 1.14 bits per heavy atom. The van der Waals surface area contributed by atoms with E-state index in [1.165, 1.54) is 0 Å². The first-order valence-electron chi connectivity index (χ1n) is 7.88. The van der Waals surface area contributed by atoms with Crippen molar-refractivity contribution in [2.24, 2.45) is 5.92 Å². The predicted octanol–water partition coefficient (Wildman–Crippen LogP) is 3.33. The second-order valence-corrected chi connectivity index (χ2v) is 6.17. The van der Waals surface area contributed by atoms with Crippen LogP contribution in [-0.4, -0.2) is 17.9 Å². The lowest BCUT2D eigenvalue weighted by molar-refractivity contribution is -0.119. The first-order chi connectivity index (χ1) is 10.1. The van der Waals surface area contributed by atoms with Crippen LogP contribution in [0.25, 0.3) is 0 Å². The molecule has 1 saturated carbocycles. The molecule has 1 aliphatic carbocycles. The number of carbonyl (C=O) groups is 2. The molecule has 4 nitrogen and oxygen atoms in total. The molecule has 4 heteroatoms. The number of hydrogen-bond donors (Lipinski definition) is 1. The van der Waals surface area contributed by atoms with Gasteiger partial charge >= 0.3 is 0 Å². The number of amides is 2. The van der Waals surface area contributed by atoms with Crippen LogP contribution >= 0.6 is 0 Å². The van der Waals surface area contributed by atoms with Gasteiger partial charge in [0.15, 0.2) is 0 Å². The lowest BCUT2D eigenvalue weighted by atomic mass is 10.1. The highest BCUT2D eigenvalue weighted by atomic mass is 16.2. The maximum atomic E-state index is 12.1. The summed E-state index contributed by atoms with van der Waals surface area (Å²) in [5, 5.41) is 2.98. The molecule has 3 rings (SSSR count). The third-order valence-electron chi connectivity index (χ3n) is 4.62. The van der Waals surface area contributed by atoms with Crippen LogP contribution in [0.4, 0.5) is 11.4 Å². The molecular weight excluding hydrogens is 264 g/mol. The Morgan fingerprint density at radius 2 is 1.81 bits per heavy atom. The lowest BCUT2D eigenvalue weighted by Crippen LogP contribution is -2.30. The van der Waals surface area contributed by atoms with E-state index in [9.17, 15) is 9.59 Å². The molecule has 1 unspecified atom stereocenters. The molecule has 0 spiro atoms. The molecule has 1 saturated heterocycles. The van der Waals surface area contributed by atoms with E-state index in [0.717, 1.165) is 43.5 Å². The molecule has 1 heterocycles. The molecule has 1 aliphatic heterocycles. The minimum Gasteiger partial charge on any atom is -0.326 e. The maximum Gasteiger partial charge on any atom is 0.227 e. The largest absolute Gasteiger partial charge is 0.326 e. The highest BCUT2D eigenvalue weighted by molar-refractivity contribution is 5.97. The van der Waals surface area contributed by atoms with E-state index in [4.69, 9.17) is 0 Å². The van der Waals surface area contributed by atoms with Gasteiger partial charge in [-0.2, -0.15) is 0 Å². The molecule has 112 valence electrons. The van der Waals surface area contributed by atoms with Gasteiger partial charge in [0.2, 0.25) is 11.8 Å².